The van der Waals surface area contributed by atoms with Crippen molar-refractivity contribution in [2.24, 2.45) is 5.92 Å². The summed E-state index contributed by atoms with van der Waals surface area (Å²) in [6.07, 6.45) is -1.71. The monoisotopic (exact) mass is 783 g/mol. The number of alkyl halides is 4. The van der Waals surface area contributed by atoms with Crippen LogP contribution in [-0.4, -0.2) is 57.3 Å². The molecule has 0 bridgehead atoms. The number of pyridine rings is 1. The van der Waals surface area contributed by atoms with E-state index in [1.807, 2.05) is 6.92 Å². The quantitative estimate of drug-likeness (QED) is 0.0822. The van der Waals surface area contributed by atoms with Crippen molar-refractivity contribution in [2.75, 3.05) is 5.32 Å². The number of anilines is 1. The third kappa shape index (κ3) is 6.20. The van der Waals surface area contributed by atoms with Crippen LogP contribution in [0.1, 0.15) is 47.7 Å². The fourth-order valence-corrected chi connectivity index (χ4v) is 6.53. The number of fused-ring (bicyclic) bond motifs is 1. The van der Waals surface area contributed by atoms with Crippen molar-refractivity contribution >= 4 is 72.8 Å². The zero-order chi connectivity index (χ0) is 32.1. The van der Waals surface area contributed by atoms with Gasteiger partial charge in [-0.3, -0.25) is 19.1 Å². The van der Waals surface area contributed by atoms with Crippen LogP contribution in [0.15, 0.2) is 41.3 Å². The van der Waals surface area contributed by atoms with E-state index in [1.54, 1.807) is 26.0 Å². The van der Waals surface area contributed by atoms with Gasteiger partial charge in [0.2, 0.25) is 11.8 Å². The van der Waals surface area contributed by atoms with E-state index in [0.29, 0.717) is 33.8 Å². The van der Waals surface area contributed by atoms with Crippen molar-refractivity contribution in [3.8, 4) is 11.1 Å². The Morgan fingerprint density at radius 2 is 1.80 bits per heavy atom. The van der Waals surface area contributed by atoms with E-state index in [4.69, 9.17) is 0 Å². The minimum absolute atomic E-state index is 0.0537. The third-order valence-corrected chi connectivity index (χ3v) is 9.71. The maximum absolute atomic E-state index is 14.5. The molecule has 0 unspecified atom stereocenters. The lowest BCUT2D eigenvalue weighted by atomic mass is 10.00. The first kappa shape index (κ1) is 31.9. The van der Waals surface area contributed by atoms with Crippen molar-refractivity contribution in [3.05, 3.63) is 63.9 Å². The Balaban J connectivity index is 1.55. The topological polar surface area (TPSA) is 123 Å². The van der Waals surface area contributed by atoms with Crippen molar-refractivity contribution in [1.82, 2.24) is 29.6 Å². The molecule has 3 aromatic heterocycles. The van der Waals surface area contributed by atoms with E-state index in [0.717, 1.165) is 10.7 Å². The number of rotatable bonds is 6. The standard InChI is InChI=1S/C29H26BrF3IN7O3/c1-13-5-6-22(30)37-27(13)38-28(44)21-7-14(2)26(34)41(21)23(43)12-40-25-19(24(39-40)15(3)42)8-17(9-20(25)29(31,32)33)18-10-35-16(4)36-11-18/h5-6,8-11,14,21,26H,7,12H2,1-4H3,(H,37,38,44)/t14-,21-,26-/m0/s1. The minimum atomic E-state index is -4.85. The first-order valence-corrected chi connectivity index (χ1v) is 15.5. The van der Waals surface area contributed by atoms with Crippen LogP contribution in [0.4, 0.5) is 19.0 Å². The molecule has 4 aromatic rings. The molecule has 5 rings (SSSR count). The molecule has 0 spiro atoms. The highest BCUT2D eigenvalue weighted by molar-refractivity contribution is 14.1. The van der Waals surface area contributed by atoms with E-state index in [9.17, 15) is 27.6 Å². The largest absolute Gasteiger partial charge is 0.418 e. The molecule has 1 fully saturated rings. The van der Waals surface area contributed by atoms with E-state index in [-0.39, 0.29) is 22.6 Å². The predicted octanol–water partition coefficient (Wildman–Crippen LogP) is 6.13. The van der Waals surface area contributed by atoms with Gasteiger partial charge in [-0.1, -0.05) is 35.6 Å². The number of carbonyl (C=O) groups is 3. The Labute approximate surface area is 272 Å². The number of hydrogen-bond donors (Lipinski definition) is 1. The average Bonchev–Trinajstić information content (AvgIpc) is 3.47. The third-order valence-electron chi connectivity index (χ3n) is 7.44. The molecule has 1 aromatic carbocycles. The Bertz CT molecular complexity index is 1800. The SMILES string of the molecule is CC(=O)c1nn(CC(=O)N2[C@H](I)[C@@H](C)C[C@H]2C(=O)Nc2nc(Br)ccc2C)c2c(C(F)(F)F)cc(-c3cnc(C)nc3)cc12. The summed E-state index contributed by atoms with van der Waals surface area (Å²) in [5.41, 5.74) is -0.493. The van der Waals surface area contributed by atoms with Gasteiger partial charge in [0.15, 0.2) is 5.78 Å². The number of amides is 2. The molecule has 15 heteroatoms. The molecular formula is C29H26BrF3IN7O3. The number of Topliss-reactive ketones (excluding diaryl/α,β-unsaturated/α-hetero) is 1. The zero-order valence-electron chi connectivity index (χ0n) is 23.9. The molecule has 1 aliphatic heterocycles. The van der Waals surface area contributed by atoms with Crippen LogP contribution in [0.5, 0.6) is 0 Å². The molecule has 4 heterocycles. The predicted molar refractivity (Wildman–Crippen MR) is 168 cm³/mol. The van der Waals surface area contributed by atoms with Gasteiger partial charge in [0.25, 0.3) is 0 Å². The van der Waals surface area contributed by atoms with E-state index in [1.165, 1.54) is 30.3 Å². The number of likely N-dealkylation sites (tertiary alicyclic amines) is 1. The van der Waals surface area contributed by atoms with Crippen LogP contribution in [-0.2, 0) is 22.3 Å². The Kier molecular flexibility index (Phi) is 8.81. The van der Waals surface area contributed by atoms with Gasteiger partial charge < -0.3 is 10.2 Å². The molecule has 1 N–H and O–H groups in total. The Morgan fingerprint density at radius 1 is 1.11 bits per heavy atom. The maximum Gasteiger partial charge on any atom is 0.418 e. The smallest absolute Gasteiger partial charge is 0.317 e. The number of aromatic nitrogens is 5. The molecular weight excluding hydrogens is 758 g/mol. The molecule has 0 aliphatic carbocycles. The zero-order valence-corrected chi connectivity index (χ0v) is 27.7. The molecule has 3 atom stereocenters. The Morgan fingerprint density at radius 3 is 2.43 bits per heavy atom. The molecule has 10 nitrogen and oxygen atoms in total. The lowest BCUT2D eigenvalue weighted by Gasteiger charge is -2.27. The average molecular weight is 784 g/mol. The molecule has 0 radical (unpaired) electrons. The summed E-state index contributed by atoms with van der Waals surface area (Å²) in [6, 6.07) is 4.97. The van der Waals surface area contributed by atoms with Gasteiger partial charge in [-0.25, -0.2) is 15.0 Å². The Hall–Kier alpha value is -3.47. The summed E-state index contributed by atoms with van der Waals surface area (Å²) in [7, 11) is 0. The molecule has 44 heavy (non-hydrogen) atoms. The second-order valence-corrected chi connectivity index (χ2v) is 12.8. The number of nitrogens with one attached hydrogen (secondary N) is 1. The molecule has 1 saturated heterocycles. The van der Waals surface area contributed by atoms with Crippen LogP contribution in [0, 0.1) is 19.8 Å². The molecule has 0 saturated carbocycles. The van der Waals surface area contributed by atoms with Crippen LogP contribution in [0.2, 0.25) is 0 Å². The highest BCUT2D eigenvalue weighted by Crippen LogP contribution is 2.40. The summed E-state index contributed by atoms with van der Waals surface area (Å²) >= 11 is 5.35. The normalized spacial score (nSPS) is 18.6. The number of benzene rings is 1. The molecule has 230 valence electrons. The highest BCUT2D eigenvalue weighted by Gasteiger charge is 2.45. The number of nitrogens with zero attached hydrogens (tertiary/aromatic N) is 6. The fourth-order valence-electron chi connectivity index (χ4n) is 5.23. The van der Waals surface area contributed by atoms with Gasteiger partial charge in [0.05, 0.1) is 15.1 Å². The summed E-state index contributed by atoms with van der Waals surface area (Å²) in [4.78, 5) is 53.7. The number of halogens is 5. The van der Waals surface area contributed by atoms with E-state index < -0.39 is 51.5 Å². The van der Waals surface area contributed by atoms with Crippen LogP contribution in [0.25, 0.3) is 22.0 Å². The number of ketones is 1. The van der Waals surface area contributed by atoms with Crippen molar-refractivity contribution < 1.29 is 27.6 Å². The second-order valence-electron chi connectivity index (χ2n) is 10.7. The van der Waals surface area contributed by atoms with Crippen molar-refractivity contribution in [1.29, 1.82) is 0 Å². The summed E-state index contributed by atoms with van der Waals surface area (Å²) < 4.78 is 44.6. The van der Waals surface area contributed by atoms with Gasteiger partial charge in [-0.05, 0) is 71.4 Å². The summed E-state index contributed by atoms with van der Waals surface area (Å²) in [5, 5.41) is 6.93. The first-order chi connectivity index (χ1) is 20.6. The van der Waals surface area contributed by atoms with E-state index in [2.05, 4.69) is 63.9 Å². The number of hydrogen-bond acceptors (Lipinski definition) is 7. The summed E-state index contributed by atoms with van der Waals surface area (Å²) in [5.74, 6) is -0.955. The highest BCUT2D eigenvalue weighted by atomic mass is 127. The lowest BCUT2D eigenvalue weighted by Crippen LogP contribution is -2.47. The van der Waals surface area contributed by atoms with Gasteiger partial charge in [0.1, 0.15) is 34.5 Å². The molecule has 1 aliphatic rings. The number of aryl methyl sites for hydroxylation is 2. The van der Waals surface area contributed by atoms with Crippen LogP contribution in [0.3, 0.4) is 0 Å². The molecule has 2 amide bonds. The van der Waals surface area contributed by atoms with Gasteiger partial charge >= 0.3 is 6.18 Å². The fraction of sp³-hybridized carbons (Fsp3) is 0.345. The minimum Gasteiger partial charge on any atom is -0.317 e. The number of carbonyl (C=O) groups excluding carboxylic acids is 3. The second kappa shape index (κ2) is 12.1. The lowest BCUT2D eigenvalue weighted by molar-refractivity contribution is -0.138. The van der Waals surface area contributed by atoms with Crippen LogP contribution < -0.4 is 5.32 Å². The first-order valence-electron chi connectivity index (χ1n) is 13.5. The van der Waals surface area contributed by atoms with Gasteiger partial charge in [-0.15, -0.1) is 0 Å². The van der Waals surface area contributed by atoms with Gasteiger partial charge in [-0.2, -0.15) is 18.3 Å². The van der Waals surface area contributed by atoms with E-state index >= 15 is 0 Å². The van der Waals surface area contributed by atoms with Crippen LogP contribution >= 0.6 is 38.5 Å². The van der Waals surface area contributed by atoms with Crippen molar-refractivity contribution in [3.63, 3.8) is 0 Å². The maximum atomic E-state index is 14.5. The summed E-state index contributed by atoms with van der Waals surface area (Å²) in [6.45, 7) is 5.90. The van der Waals surface area contributed by atoms with Crippen molar-refractivity contribution in [2.45, 2.75) is 56.9 Å². The van der Waals surface area contributed by atoms with Gasteiger partial charge in [0, 0.05) is 30.3 Å².